The zero-order valence-electron chi connectivity index (χ0n) is 51.2. The Hall–Kier alpha value is -2.69. The van der Waals surface area contributed by atoms with Gasteiger partial charge in [-0.1, -0.05) is 315 Å². The van der Waals surface area contributed by atoms with Crippen LogP contribution in [-0.2, 0) is 29.3 Å². The van der Waals surface area contributed by atoms with E-state index in [1.807, 2.05) is 0 Å². The number of rotatable bonds is 45. The molecule has 0 fully saturated rings. The first kappa shape index (κ1) is 73.3. The van der Waals surface area contributed by atoms with Gasteiger partial charge in [0.15, 0.2) is 0 Å². The SMILES string of the molecule is CCCCCC#CC1=C(c2cccc(CCCCCCCC)c2)[N+](=[N-])C(c2cccc(CCCCCCCC)c2)=C1C=CCCCCCCCCCCCCCCCCCCCCCCCC.[CH2-]CCC.[CH2-]CCC.[Ni+2]. The predicted octanol–water partition coefficient (Wildman–Crippen LogP) is 25.0. The van der Waals surface area contributed by atoms with Gasteiger partial charge in [-0.05, 0) is 80.3 Å². The summed E-state index contributed by atoms with van der Waals surface area (Å²) in [5, 5.41) is 0. The fourth-order valence-corrected chi connectivity index (χ4v) is 10.1. The van der Waals surface area contributed by atoms with Crippen molar-refractivity contribution in [1.29, 1.82) is 0 Å². The summed E-state index contributed by atoms with van der Waals surface area (Å²) >= 11 is 0. The van der Waals surface area contributed by atoms with Gasteiger partial charge in [0.05, 0.1) is 5.57 Å². The zero-order chi connectivity index (χ0) is 54.5. The molecule has 2 aromatic rings. The second kappa shape index (κ2) is 55.6. The summed E-state index contributed by atoms with van der Waals surface area (Å²) in [6.45, 7) is 20.6. The predicted molar refractivity (Wildman–Crippen MR) is 338 cm³/mol. The summed E-state index contributed by atoms with van der Waals surface area (Å²) in [6.07, 6.45) is 63.5. The fourth-order valence-electron chi connectivity index (χ4n) is 10.1. The minimum atomic E-state index is 0. The van der Waals surface area contributed by atoms with E-state index < -0.39 is 0 Å². The van der Waals surface area contributed by atoms with E-state index in [4.69, 9.17) is 0 Å². The molecule has 0 aliphatic carbocycles. The molecule has 434 valence electrons. The number of unbranched alkanes of at least 4 members (excludes halogenated alkanes) is 37. The second-order valence-corrected chi connectivity index (χ2v) is 22.3. The normalized spacial score (nSPS) is 12.1. The van der Waals surface area contributed by atoms with E-state index in [2.05, 4.69) is 128 Å². The van der Waals surface area contributed by atoms with Crippen LogP contribution in [0.4, 0.5) is 0 Å². The maximum atomic E-state index is 12.4. The second-order valence-electron chi connectivity index (χ2n) is 22.3. The van der Waals surface area contributed by atoms with Crippen molar-refractivity contribution in [3.05, 3.63) is 113 Å². The molecule has 0 spiro atoms. The van der Waals surface area contributed by atoms with Gasteiger partial charge in [-0.2, -0.15) is 12.8 Å². The van der Waals surface area contributed by atoms with Crippen molar-refractivity contribution in [3.8, 4) is 11.8 Å². The van der Waals surface area contributed by atoms with Crippen LogP contribution in [0.1, 0.15) is 340 Å². The van der Waals surface area contributed by atoms with Gasteiger partial charge in [-0.15, -0.1) is 0 Å². The summed E-state index contributed by atoms with van der Waals surface area (Å²) in [6, 6.07) is 18.0. The molecule has 0 radical (unpaired) electrons. The number of benzene rings is 2. The Balaban J connectivity index is 0.00000581. The van der Waals surface area contributed by atoms with E-state index in [0.29, 0.717) is 0 Å². The third kappa shape index (κ3) is 38.0. The summed E-state index contributed by atoms with van der Waals surface area (Å²) in [4.78, 5) is 0. The van der Waals surface area contributed by atoms with E-state index in [1.165, 1.54) is 260 Å². The first-order valence-corrected chi connectivity index (χ1v) is 32.9. The third-order valence-corrected chi connectivity index (χ3v) is 15.1. The third-order valence-electron chi connectivity index (χ3n) is 15.1. The van der Waals surface area contributed by atoms with Crippen LogP contribution in [-0.4, -0.2) is 4.70 Å². The summed E-state index contributed by atoms with van der Waals surface area (Å²) in [7, 11) is 0. The van der Waals surface area contributed by atoms with Crippen molar-refractivity contribution < 1.29 is 21.2 Å². The van der Waals surface area contributed by atoms with Crippen LogP contribution in [0.3, 0.4) is 0 Å². The van der Waals surface area contributed by atoms with Gasteiger partial charge < -0.3 is 19.4 Å². The average Bonchev–Trinajstić information content (AvgIpc) is 3.71. The Morgan fingerprint density at radius 2 is 0.750 bits per heavy atom. The van der Waals surface area contributed by atoms with Crippen LogP contribution in [0.5, 0.6) is 0 Å². The molecule has 1 heterocycles. The molecule has 0 saturated heterocycles. The Morgan fingerprint density at radius 1 is 0.421 bits per heavy atom. The van der Waals surface area contributed by atoms with E-state index in [-0.39, 0.29) is 16.5 Å². The molecule has 2 nitrogen and oxygen atoms in total. The maximum absolute atomic E-state index is 12.4. The van der Waals surface area contributed by atoms with Crippen LogP contribution >= 0.6 is 0 Å². The van der Waals surface area contributed by atoms with Crippen molar-refractivity contribution in [3.63, 3.8) is 0 Å². The van der Waals surface area contributed by atoms with Crippen molar-refractivity contribution in [2.24, 2.45) is 0 Å². The van der Waals surface area contributed by atoms with Gasteiger partial charge in [0.1, 0.15) is 5.57 Å². The molecule has 0 unspecified atom stereocenters. The number of allylic oxidation sites excluding steroid dienone is 4. The van der Waals surface area contributed by atoms with Gasteiger partial charge in [-0.25, -0.2) is 4.70 Å². The molecule has 1 aliphatic heterocycles. The van der Waals surface area contributed by atoms with Gasteiger partial charge >= 0.3 is 16.5 Å². The van der Waals surface area contributed by atoms with Crippen LogP contribution in [0.15, 0.2) is 71.8 Å². The van der Waals surface area contributed by atoms with Gasteiger partial charge in [0.25, 0.3) is 0 Å². The van der Waals surface area contributed by atoms with E-state index >= 15 is 0 Å². The Morgan fingerprint density at radius 3 is 1.12 bits per heavy atom. The molecule has 0 aromatic heterocycles. The molecule has 76 heavy (non-hydrogen) atoms. The molecule has 1 aliphatic rings. The molecular weight excluding hydrogens is 964 g/mol. The smallest absolute Gasteiger partial charge is 0.493 e. The number of hydrogen-bond donors (Lipinski definition) is 0. The molecule has 0 bridgehead atoms. The van der Waals surface area contributed by atoms with Crippen molar-refractivity contribution in [2.45, 2.75) is 330 Å². The number of nitrogens with zero attached hydrogens (tertiary/aromatic N) is 2. The zero-order valence-corrected chi connectivity index (χ0v) is 52.2. The number of hydrogen-bond acceptors (Lipinski definition) is 0. The minimum Gasteiger partial charge on any atom is -0.493 e. The molecular formula is C73H122N2Ni. The van der Waals surface area contributed by atoms with Crippen LogP contribution in [0.2, 0.25) is 0 Å². The van der Waals surface area contributed by atoms with E-state index in [9.17, 15) is 5.53 Å². The number of aryl methyl sites for hydroxylation is 2. The molecule has 3 heteroatoms. The molecule has 3 rings (SSSR count). The fraction of sp³-hybridized carbons (Fsp3) is 0.699. The Bertz CT molecular complexity index is 1780. The Labute approximate surface area is 485 Å². The minimum absolute atomic E-state index is 0. The van der Waals surface area contributed by atoms with Crippen molar-refractivity contribution >= 4 is 11.4 Å². The van der Waals surface area contributed by atoms with Crippen LogP contribution in [0, 0.1) is 25.7 Å². The molecule has 0 atom stereocenters. The van der Waals surface area contributed by atoms with E-state index in [1.54, 1.807) is 0 Å². The van der Waals surface area contributed by atoms with Crippen LogP contribution in [0.25, 0.3) is 16.9 Å². The summed E-state index contributed by atoms with van der Waals surface area (Å²) < 4.78 is 1.50. The first-order valence-electron chi connectivity index (χ1n) is 32.9. The average molecular weight is 1090 g/mol. The molecule has 2 aromatic carbocycles. The summed E-state index contributed by atoms with van der Waals surface area (Å²) in [5.74, 6) is 7.24. The molecule has 0 amide bonds. The monoisotopic (exact) mass is 1080 g/mol. The molecule has 0 N–H and O–H groups in total. The maximum Gasteiger partial charge on any atom is 2.00 e. The van der Waals surface area contributed by atoms with Crippen molar-refractivity contribution in [2.75, 3.05) is 0 Å². The standard InChI is InChI=1S/C65H104N2.2C4H9.Ni/c1-5-9-13-17-20-21-22-23-24-25-26-27-28-29-30-31-32-33-34-35-36-37-41-45-55-63-62(54-44-38-16-12-8-4)64(60-52-46-50-58(56-60)48-42-39-18-14-10-6-2)67(66)65(63)61-53-47-51-59(57-61)49-43-40-19-15-11-7-3;2*1-3-4-2;/h45-47,50-53,55-57H,5-43,48-49H2,1-4H3;2*1,3-4H2,2H3;/q;2*-1;+2. The van der Waals surface area contributed by atoms with E-state index in [0.717, 1.165) is 78.6 Å². The van der Waals surface area contributed by atoms with Gasteiger partial charge in [0, 0.05) is 17.5 Å². The summed E-state index contributed by atoms with van der Waals surface area (Å²) in [5.41, 5.74) is 21.0. The largest absolute Gasteiger partial charge is 2.00 e. The van der Waals surface area contributed by atoms with Gasteiger partial charge in [0.2, 0.25) is 11.4 Å². The quantitative estimate of drug-likeness (QED) is 0.0208. The topological polar surface area (TPSA) is 25.3 Å². The van der Waals surface area contributed by atoms with Crippen molar-refractivity contribution in [1.82, 2.24) is 0 Å². The van der Waals surface area contributed by atoms with Crippen LogP contribution < -0.4 is 0 Å². The molecule has 0 saturated carbocycles. The Kier molecular flexibility index (Phi) is 53.7. The van der Waals surface area contributed by atoms with Gasteiger partial charge in [-0.3, -0.25) is 0 Å². The first-order chi connectivity index (χ1) is 37.0.